The van der Waals surface area contributed by atoms with Crippen LogP contribution in [-0.4, -0.2) is 39.5 Å². The molecule has 0 saturated carbocycles. The Kier molecular flexibility index (Phi) is 6.46. The fourth-order valence-electron chi connectivity index (χ4n) is 4.51. The zero-order valence-electron chi connectivity index (χ0n) is 19.4. The van der Waals surface area contributed by atoms with Gasteiger partial charge in [-0.2, -0.15) is 13.9 Å². The van der Waals surface area contributed by atoms with E-state index >= 15 is 0 Å². The molecule has 0 bridgehead atoms. The normalized spacial score (nSPS) is 18.6. The molecule has 1 aliphatic rings. The molecular weight excluding hydrogens is 454 g/mol. The molecule has 0 amide bonds. The third kappa shape index (κ3) is 4.50. The van der Waals surface area contributed by atoms with Gasteiger partial charge in [-0.3, -0.25) is 0 Å². The molecule has 0 aliphatic carbocycles. The highest BCUT2D eigenvalue weighted by atomic mass is 19.3. The lowest BCUT2D eigenvalue weighted by Crippen LogP contribution is -2.35. The molecule has 3 atom stereocenters. The minimum atomic E-state index is -2.95. The van der Waals surface area contributed by atoms with Gasteiger partial charge in [0.2, 0.25) is 0 Å². The molecule has 2 N–H and O–H groups in total. The SMILES string of the molecule is CCOC(C)c1ccc(-c2ccc3nc4c(n3n2)[C@@H](c2ccccc2OC(F)F)NC[C@H]4O)cc1. The van der Waals surface area contributed by atoms with E-state index in [-0.39, 0.29) is 18.4 Å². The maximum Gasteiger partial charge on any atom is 0.387 e. The molecule has 0 spiro atoms. The van der Waals surface area contributed by atoms with Gasteiger partial charge in [-0.25, -0.2) is 9.50 Å². The van der Waals surface area contributed by atoms with Crippen molar-refractivity contribution in [3.63, 3.8) is 0 Å². The molecule has 4 aromatic rings. The summed E-state index contributed by atoms with van der Waals surface area (Å²) in [5.74, 6) is 0.0625. The lowest BCUT2D eigenvalue weighted by Gasteiger charge is -2.28. The van der Waals surface area contributed by atoms with E-state index in [0.717, 1.165) is 11.1 Å². The fraction of sp³-hybridized carbons (Fsp3) is 0.308. The number of rotatable bonds is 7. The van der Waals surface area contributed by atoms with Crippen molar-refractivity contribution in [1.82, 2.24) is 19.9 Å². The lowest BCUT2D eigenvalue weighted by atomic mass is 9.96. The number of alkyl halides is 2. The van der Waals surface area contributed by atoms with Crippen molar-refractivity contribution in [2.75, 3.05) is 13.2 Å². The van der Waals surface area contributed by atoms with Crippen LogP contribution in [0.15, 0.2) is 60.7 Å². The Labute approximate surface area is 201 Å². The van der Waals surface area contributed by atoms with Crippen molar-refractivity contribution in [2.24, 2.45) is 0 Å². The highest BCUT2D eigenvalue weighted by Gasteiger charge is 2.34. The molecule has 1 aliphatic heterocycles. The van der Waals surface area contributed by atoms with Crippen molar-refractivity contribution in [2.45, 2.75) is 38.7 Å². The summed E-state index contributed by atoms with van der Waals surface area (Å²) in [5.41, 5.74) is 4.82. The Balaban J connectivity index is 1.58. The zero-order chi connectivity index (χ0) is 24.5. The Morgan fingerprint density at radius 3 is 2.63 bits per heavy atom. The molecule has 1 unspecified atom stereocenters. The number of nitrogens with one attached hydrogen (secondary N) is 1. The van der Waals surface area contributed by atoms with E-state index in [2.05, 4.69) is 10.3 Å². The van der Waals surface area contributed by atoms with Crippen LogP contribution >= 0.6 is 0 Å². The number of hydrogen-bond donors (Lipinski definition) is 2. The molecule has 0 radical (unpaired) electrons. The average Bonchev–Trinajstić information content (AvgIpc) is 3.25. The molecular formula is C26H26F2N4O3. The van der Waals surface area contributed by atoms with E-state index in [0.29, 0.717) is 34.9 Å². The summed E-state index contributed by atoms with van der Waals surface area (Å²) in [5, 5.41) is 18.7. The van der Waals surface area contributed by atoms with E-state index in [1.54, 1.807) is 22.7 Å². The number of aliphatic hydroxyl groups is 1. The summed E-state index contributed by atoms with van der Waals surface area (Å²) in [7, 11) is 0. The highest BCUT2D eigenvalue weighted by molar-refractivity contribution is 5.61. The number of β-amino-alcohol motifs (C(OH)–C–C–N with tert-alkyl or cyclic N) is 1. The first kappa shape index (κ1) is 23.3. The lowest BCUT2D eigenvalue weighted by molar-refractivity contribution is -0.0507. The van der Waals surface area contributed by atoms with Crippen LogP contribution in [0, 0.1) is 0 Å². The first-order chi connectivity index (χ1) is 17.0. The first-order valence-corrected chi connectivity index (χ1v) is 11.5. The summed E-state index contributed by atoms with van der Waals surface area (Å²) >= 11 is 0. The molecule has 0 fully saturated rings. The molecule has 5 rings (SSSR count). The van der Waals surface area contributed by atoms with Gasteiger partial charge in [0.05, 0.1) is 29.2 Å². The van der Waals surface area contributed by atoms with Crippen LogP contribution in [0.2, 0.25) is 0 Å². The number of halogens is 2. The van der Waals surface area contributed by atoms with Gasteiger partial charge in [-0.1, -0.05) is 42.5 Å². The number of nitrogens with zero attached hydrogens (tertiary/aromatic N) is 3. The van der Waals surface area contributed by atoms with Crippen molar-refractivity contribution < 1.29 is 23.4 Å². The minimum Gasteiger partial charge on any atom is -0.434 e. The number of aromatic nitrogens is 3. The molecule has 9 heteroatoms. The van der Waals surface area contributed by atoms with Crippen LogP contribution in [0.25, 0.3) is 16.9 Å². The van der Waals surface area contributed by atoms with Gasteiger partial charge in [-0.15, -0.1) is 0 Å². The van der Waals surface area contributed by atoms with Gasteiger partial charge in [0, 0.05) is 24.3 Å². The highest BCUT2D eigenvalue weighted by Crippen LogP contribution is 2.37. The van der Waals surface area contributed by atoms with E-state index in [1.165, 1.54) is 6.07 Å². The molecule has 2 aromatic carbocycles. The summed E-state index contributed by atoms with van der Waals surface area (Å²) in [6.45, 7) is 1.88. The quantitative estimate of drug-likeness (QED) is 0.395. The summed E-state index contributed by atoms with van der Waals surface area (Å²) < 4.78 is 38.2. The number of para-hydroxylation sites is 1. The fourth-order valence-corrected chi connectivity index (χ4v) is 4.51. The number of benzene rings is 2. The van der Waals surface area contributed by atoms with E-state index in [4.69, 9.17) is 14.6 Å². The van der Waals surface area contributed by atoms with Crippen LogP contribution in [0.3, 0.4) is 0 Å². The monoisotopic (exact) mass is 480 g/mol. The molecule has 3 heterocycles. The Morgan fingerprint density at radius 2 is 1.89 bits per heavy atom. The van der Waals surface area contributed by atoms with Crippen molar-refractivity contribution in [1.29, 1.82) is 0 Å². The molecule has 2 aromatic heterocycles. The first-order valence-electron chi connectivity index (χ1n) is 11.5. The van der Waals surface area contributed by atoms with Gasteiger partial charge in [0.1, 0.15) is 11.9 Å². The standard InChI is InChI=1S/C26H26F2N4O3/c1-3-34-15(2)16-8-10-17(11-9-16)19-12-13-22-30-24-20(33)14-29-23(25(24)32(22)31-19)18-6-4-5-7-21(18)35-26(27)28/h4-13,15,20,23,26,29,33H,3,14H2,1-2H3/t15?,20-,23-/m1/s1. The third-order valence-corrected chi connectivity index (χ3v) is 6.18. The zero-order valence-corrected chi connectivity index (χ0v) is 19.4. The predicted molar refractivity (Wildman–Crippen MR) is 126 cm³/mol. The topological polar surface area (TPSA) is 80.9 Å². The third-order valence-electron chi connectivity index (χ3n) is 6.18. The van der Waals surface area contributed by atoms with Gasteiger partial charge < -0.3 is 19.9 Å². The van der Waals surface area contributed by atoms with Crippen molar-refractivity contribution >= 4 is 5.65 Å². The van der Waals surface area contributed by atoms with E-state index < -0.39 is 18.8 Å². The second kappa shape index (κ2) is 9.69. The Bertz CT molecular complexity index is 1330. The van der Waals surface area contributed by atoms with Crippen molar-refractivity contribution in [3.8, 4) is 17.0 Å². The largest absolute Gasteiger partial charge is 0.434 e. The van der Waals surface area contributed by atoms with Crippen LogP contribution in [-0.2, 0) is 4.74 Å². The van der Waals surface area contributed by atoms with Crippen molar-refractivity contribution in [3.05, 3.63) is 83.2 Å². The molecule has 0 saturated heterocycles. The van der Waals surface area contributed by atoms with Crippen LogP contribution < -0.4 is 10.1 Å². The second-order valence-electron chi connectivity index (χ2n) is 8.36. The maximum absolute atomic E-state index is 13.1. The number of ether oxygens (including phenoxy) is 2. The van der Waals surface area contributed by atoms with Gasteiger partial charge >= 0.3 is 6.61 Å². The second-order valence-corrected chi connectivity index (χ2v) is 8.36. The summed E-state index contributed by atoms with van der Waals surface area (Å²) in [6, 6.07) is 17.8. The minimum absolute atomic E-state index is 0.00555. The summed E-state index contributed by atoms with van der Waals surface area (Å²) in [4.78, 5) is 4.60. The average molecular weight is 481 g/mol. The van der Waals surface area contributed by atoms with Gasteiger partial charge in [-0.05, 0) is 37.6 Å². The number of aliphatic hydroxyl groups excluding tert-OH is 1. The van der Waals surface area contributed by atoms with E-state index in [9.17, 15) is 13.9 Å². The van der Waals surface area contributed by atoms with Crippen LogP contribution in [0.4, 0.5) is 8.78 Å². The number of hydrogen-bond acceptors (Lipinski definition) is 6. The Hall–Kier alpha value is -3.40. The maximum atomic E-state index is 13.1. The molecule has 35 heavy (non-hydrogen) atoms. The van der Waals surface area contributed by atoms with Crippen LogP contribution in [0.1, 0.15) is 54.6 Å². The van der Waals surface area contributed by atoms with Gasteiger partial charge in [0.15, 0.2) is 5.65 Å². The molecule has 182 valence electrons. The number of imidazole rings is 1. The predicted octanol–water partition coefficient (Wildman–Crippen LogP) is 4.82. The van der Waals surface area contributed by atoms with E-state index in [1.807, 2.05) is 50.2 Å². The smallest absolute Gasteiger partial charge is 0.387 e. The Morgan fingerprint density at radius 1 is 1.11 bits per heavy atom. The van der Waals surface area contributed by atoms with Crippen LogP contribution in [0.5, 0.6) is 5.75 Å². The number of fused-ring (bicyclic) bond motifs is 3. The molecule has 7 nitrogen and oxygen atoms in total. The van der Waals surface area contributed by atoms with Gasteiger partial charge in [0.25, 0.3) is 0 Å². The summed E-state index contributed by atoms with van der Waals surface area (Å²) in [6.07, 6.45) is -0.858.